The number of halogens is 3. The molecule has 0 fully saturated rings. The lowest BCUT2D eigenvalue weighted by atomic mass is 9.86. The van der Waals surface area contributed by atoms with E-state index in [1.165, 1.54) is 12.1 Å². The summed E-state index contributed by atoms with van der Waals surface area (Å²) >= 11 is 0. The van der Waals surface area contributed by atoms with Gasteiger partial charge in [0.1, 0.15) is 5.75 Å². The van der Waals surface area contributed by atoms with Gasteiger partial charge in [-0.05, 0) is 29.8 Å². The van der Waals surface area contributed by atoms with Crippen LogP contribution in [0.1, 0.15) is 29.0 Å². The predicted octanol–water partition coefficient (Wildman–Crippen LogP) is 3.99. The number of aromatic amines is 1. The van der Waals surface area contributed by atoms with Crippen molar-refractivity contribution in [2.24, 2.45) is 0 Å². The van der Waals surface area contributed by atoms with Crippen molar-refractivity contribution in [2.45, 2.75) is 18.5 Å². The fraction of sp³-hybridized carbons (Fsp3) is 0.158. The van der Waals surface area contributed by atoms with Gasteiger partial charge < -0.3 is 9.72 Å². The van der Waals surface area contributed by atoms with Crippen molar-refractivity contribution in [1.29, 1.82) is 0 Å². The van der Waals surface area contributed by atoms with E-state index in [2.05, 4.69) is 4.98 Å². The molecule has 2 heterocycles. The number of ether oxygens (including phenoxy) is 1. The largest absolute Gasteiger partial charge is 0.425 e. The third-order valence-electron chi connectivity index (χ3n) is 4.48. The minimum Gasteiger partial charge on any atom is -0.425 e. The number of pyridine rings is 1. The van der Waals surface area contributed by atoms with Crippen molar-refractivity contribution in [1.82, 2.24) is 4.98 Å². The van der Waals surface area contributed by atoms with Crippen LogP contribution in [0.2, 0.25) is 0 Å². The maximum atomic E-state index is 12.8. The molecule has 0 saturated heterocycles. The molecule has 1 aliphatic heterocycles. The highest BCUT2D eigenvalue weighted by Crippen LogP contribution is 2.40. The first kappa shape index (κ1) is 16.4. The number of alkyl halides is 3. The van der Waals surface area contributed by atoms with Crippen LogP contribution >= 0.6 is 0 Å². The Kier molecular flexibility index (Phi) is 3.61. The third kappa shape index (κ3) is 2.65. The number of nitrogens with one attached hydrogen (secondary N) is 1. The molecule has 0 aliphatic carbocycles. The Balaban J connectivity index is 1.89. The topological polar surface area (TPSA) is 59.2 Å². The number of rotatable bonds is 1. The number of hydrogen-bond donors (Lipinski definition) is 1. The van der Waals surface area contributed by atoms with E-state index in [9.17, 15) is 22.8 Å². The third-order valence-corrected chi connectivity index (χ3v) is 4.48. The average molecular weight is 359 g/mol. The number of aromatic nitrogens is 1. The first-order chi connectivity index (χ1) is 12.3. The summed E-state index contributed by atoms with van der Waals surface area (Å²) in [6, 6.07) is 11.4. The van der Waals surface area contributed by atoms with Crippen LogP contribution in [0.5, 0.6) is 5.75 Å². The molecule has 1 atom stereocenters. The fourth-order valence-corrected chi connectivity index (χ4v) is 3.27. The van der Waals surface area contributed by atoms with Crippen molar-refractivity contribution < 1.29 is 22.7 Å². The Morgan fingerprint density at radius 2 is 1.69 bits per heavy atom. The maximum absolute atomic E-state index is 12.8. The van der Waals surface area contributed by atoms with E-state index in [-0.39, 0.29) is 17.7 Å². The quantitative estimate of drug-likeness (QED) is 0.669. The molecule has 1 aliphatic rings. The van der Waals surface area contributed by atoms with Gasteiger partial charge in [0.2, 0.25) is 0 Å². The van der Waals surface area contributed by atoms with Crippen molar-refractivity contribution in [2.75, 3.05) is 0 Å². The Bertz CT molecular complexity index is 1070. The van der Waals surface area contributed by atoms with E-state index in [0.29, 0.717) is 16.5 Å². The van der Waals surface area contributed by atoms with E-state index in [4.69, 9.17) is 4.74 Å². The van der Waals surface area contributed by atoms with Crippen LogP contribution in [0.3, 0.4) is 0 Å². The van der Waals surface area contributed by atoms with Crippen molar-refractivity contribution in [3.8, 4) is 5.75 Å². The molecule has 3 aromatic rings. The van der Waals surface area contributed by atoms with Gasteiger partial charge >= 0.3 is 12.1 Å². The van der Waals surface area contributed by atoms with Gasteiger partial charge in [0, 0.05) is 11.3 Å². The van der Waals surface area contributed by atoms with Gasteiger partial charge in [-0.15, -0.1) is 0 Å². The van der Waals surface area contributed by atoms with Crippen LogP contribution < -0.4 is 10.3 Å². The summed E-state index contributed by atoms with van der Waals surface area (Å²) in [6.07, 6.45) is -4.56. The number of H-pyrrole nitrogens is 1. The van der Waals surface area contributed by atoms with Gasteiger partial charge in [0.15, 0.2) is 0 Å². The number of benzene rings is 2. The highest BCUT2D eigenvalue weighted by atomic mass is 19.4. The molecule has 0 saturated carbocycles. The Labute approximate surface area is 145 Å². The summed E-state index contributed by atoms with van der Waals surface area (Å²) in [6.45, 7) is 0. The highest BCUT2D eigenvalue weighted by molar-refractivity contribution is 5.91. The molecule has 132 valence electrons. The van der Waals surface area contributed by atoms with E-state index in [1.54, 1.807) is 24.3 Å². The second-order valence-electron chi connectivity index (χ2n) is 6.09. The first-order valence-electron chi connectivity index (χ1n) is 7.87. The second kappa shape index (κ2) is 5.72. The zero-order valence-corrected chi connectivity index (χ0v) is 13.3. The van der Waals surface area contributed by atoms with E-state index in [1.807, 2.05) is 0 Å². The lowest BCUT2D eigenvalue weighted by Crippen LogP contribution is -2.28. The standard InChI is InChI=1S/C19H12F3NO3/c20-19(21,22)11-7-5-10(6-8-11)13-9-15(24)26-17-12-3-1-2-4-14(12)23-18(25)16(13)17/h1-8,13H,9H2,(H,23,25)/t13-/m1/s1. The van der Waals surface area contributed by atoms with Crippen molar-refractivity contribution in [3.63, 3.8) is 0 Å². The minimum atomic E-state index is -4.45. The lowest BCUT2D eigenvalue weighted by molar-refractivity contribution is -0.138. The van der Waals surface area contributed by atoms with Gasteiger partial charge in [0.25, 0.3) is 5.56 Å². The van der Waals surface area contributed by atoms with Gasteiger partial charge in [-0.2, -0.15) is 13.2 Å². The van der Waals surface area contributed by atoms with Gasteiger partial charge in [0.05, 0.1) is 23.1 Å². The van der Waals surface area contributed by atoms with Crippen LogP contribution in [0.4, 0.5) is 13.2 Å². The summed E-state index contributed by atoms with van der Waals surface area (Å²) in [5.41, 5.74) is 0.0280. The van der Waals surface area contributed by atoms with E-state index >= 15 is 0 Å². The molecule has 1 aromatic heterocycles. The van der Waals surface area contributed by atoms with E-state index < -0.39 is 29.2 Å². The molecule has 0 radical (unpaired) electrons. The van der Waals surface area contributed by atoms with Crippen LogP contribution in [0.15, 0.2) is 53.3 Å². The molecular formula is C19H12F3NO3. The zero-order chi connectivity index (χ0) is 18.5. The lowest BCUT2D eigenvalue weighted by Gasteiger charge is -2.25. The predicted molar refractivity (Wildman–Crippen MR) is 88.1 cm³/mol. The summed E-state index contributed by atoms with van der Waals surface area (Å²) < 4.78 is 43.6. The van der Waals surface area contributed by atoms with Crippen LogP contribution in [0.25, 0.3) is 10.9 Å². The molecule has 2 aromatic carbocycles. The van der Waals surface area contributed by atoms with Gasteiger partial charge in [-0.25, -0.2) is 0 Å². The normalized spacial score (nSPS) is 17.0. The molecule has 0 spiro atoms. The van der Waals surface area contributed by atoms with E-state index in [0.717, 1.165) is 12.1 Å². The Morgan fingerprint density at radius 3 is 2.38 bits per heavy atom. The van der Waals surface area contributed by atoms with Crippen LogP contribution in [0, 0.1) is 0 Å². The Morgan fingerprint density at radius 1 is 1.00 bits per heavy atom. The van der Waals surface area contributed by atoms with Gasteiger partial charge in [-0.3, -0.25) is 9.59 Å². The van der Waals surface area contributed by atoms with Crippen molar-refractivity contribution in [3.05, 3.63) is 75.6 Å². The summed E-state index contributed by atoms with van der Waals surface area (Å²) in [4.78, 5) is 27.4. The highest BCUT2D eigenvalue weighted by Gasteiger charge is 2.34. The molecule has 0 bridgehead atoms. The molecule has 4 nitrogen and oxygen atoms in total. The summed E-state index contributed by atoms with van der Waals surface area (Å²) in [5, 5.41) is 0.576. The summed E-state index contributed by atoms with van der Waals surface area (Å²) in [5.74, 6) is -1.02. The number of carbonyl (C=O) groups is 1. The number of hydrogen-bond acceptors (Lipinski definition) is 3. The zero-order valence-electron chi connectivity index (χ0n) is 13.3. The fourth-order valence-electron chi connectivity index (χ4n) is 3.27. The average Bonchev–Trinajstić information content (AvgIpc) is 2.60. The molecule has 0 amide bonds. The number of para-hydroxylation sites is 1. The molecule has 4 rings (SSSR count). The summed E-state index contributed by atoms with van der Waals surface area (Å²) in [7, 11) is 0. The van der Waals surface area contributed by atoms with Gasteiger partial charge in [-0.1, -0.05) is 24.3 Å². The smallest absolute Gasteiger partial charge is 0.416 e. The SMILES string of the molecule is O=C1C[C@H](c2ccc(C(F)(F)F)cc2)c2c(c3ccccc3[nH]c2=O)O1. The number of carbonyl (C=O) groups excluding carboxylic acids is 1. The number of esters is 1. The maximum Gasteiger partial charge on any atom is 0.416 e. The monoisotopic (exact) mass is 359 g/mol. The first-order valence-corrected chi connectivity index (χ1v) is 7.87. The Hall–Kier alpha value is -3.09. The van der Waals surface area contributed by atoms with Crippen molar-refractivity contribution >= 4 is 16.9 Å². The minimum absolute atomic E-state index is 0.111. The second-order valence-corrected chi connectivity index (χ2v) is 6.09. The molecular weight excluding hydrogens is 347 g/mol. The van der Waals surface area contributed by atoms with Crippen LogP contribution in [-0.4, -0.2) is 11.0 Å². The van der Waals surface area contributed by atoms with Crippen LogP contribution in [-0.2, 0) is 11.0 Å². The molecule has 26 heavy (non-hydrogen) atoms. The molecule has 1 N–H and O–H groups in total. The molecule has 7 heteroatoms. The number of fused-ring (bicyclic) bond motifs is 3. The molecule has 0 unspecified atom stereocenters.